The van der Waals surface area contributed by atoms with E-state index in [1.165, 1.54) is 43.5 Å². The van der Waals surface area contributed by atoms with Crippen molar-refractivity contribution >= 4 is 11.8 Å². The topological polar surface area (TPSA) is 102 Å². The van der Waals surface area contributed by atoms with E-state index in [1.807, 2.05) is 0 Å². The molecule has 0 saturated carbocycles. The van der Waals surface area contributed by atoms with Crippen molar-refractivity contribution < 1.29 is 37.3 Å². The number of benzene rings is 3. The van der Waals surface area contributed by atoms with E-state index in [0.29, 0.717) is 11.3 Å². The van der Waals surface area contributed by atoms with Crippen LogP contribution < -0.4 is 15.2 Å². The van der Waals surface area contributed by atoms with Crippen LogP contribution in [-0.4, -0.2) is 35.3 Å². The highest BCUT2D eigenvalue weighted by atomic mass is 19.4. The van der Waals surface area contributed by atoms with Gasteiger partial charge in [0.1, 0.15) is 23.3 Å². The molecule has 1 unspecified atom stereocenters. The predicted molar refractivity (Wildman–Crippen MR) is 116 cm³/mol. The predicted octanol–water partition coefficient (Wildman–Crippen LogP) is 4.17. The second kappa shape index (κ2) is 10.2. The fourth-order valence-corrected chi connectivity index (χ4v) is 3.44. The molecule has 3 aromatic carbocycles. The Balaban J connectivity index is 2.10. The molecular weight excluding hydrogens is 453 g/mol. The molecule has 0 aromatic heterocycles. The first-order chi connectivity index (χ1) is 16.1. The number of carbonyl (C=O) groups excluding carboxylic acids is 2. The monoisotopic (exact) mass is 474 g/mol. The first kappa shape index (κ1) is 24.4. The molecule has 1 atom stereocenters. The van der Waals surface area contributed by atoms with Crippen LogP contribution in [0, 0.1) is 0 Å². The van der Waals surface area contributed by atoms with Crippen molar-refractivity contribution in [2.24, 2.45) is 5.73 Å². The molecule has 10 heteroatoms. The van der Waals surface area contributed by atoms with Crippen molar-refractivity contribution in [1.29, 1.82) is 0 Å². The van der Waals surface area contributed by atoms with E-state index in [1.54, 1.807) is 24.3 Å². The maximum atomic E-state index is 13.5. The van der Waals surface area contributed by atoms with Gasteiger partial charge < -0.3 is 25.2 Å². The van der Waals surface area contributed by atoms with Crippen LogP contribution in [0.5, 0.6) is 17.2 Å². The fourth-order valence-electron chi connectivity index (χ4n) is 3.44. The van der Waals surface area contributed by atoms with E-state index in [0.717, 1.165) is 17.0 Å². The van der Waals surface area contributed by atoms with E-state index < -0.39 is 30.0 Å². The first-order valence-electron chi connectivity index (χ1n) is 9.96. The van der Waals surface area contributed by atoms with Crippen LogP contribution in [0.25, 0.3) is 0 Å². The van der Waals surface area contributed by atoms with Crippen molar-refractivity contribution in [3.8, 4) is 17.2 Å². The van der Waals surface area contributed by atoms with Crippen molar-refractivity contribution in [2.45, 2.75) is 18.9 Å². The summed E-state index contributed by atoms with van der Waals surface area (Å²) in [5, 5.41) is 10.2. The Morgan fingerprint density at radius 1 is 1.00 bits per heavy atom. The van der Waals surface area contributed by atoms with Gasteiger partial charge in [-0.05, 0) is 47.5 Å². The summed E-state index contributed by atoms with van der Waals surface area (Å²) in [5.74, 6) is -2.17. The number of rotatable bonds is 8. The van der Waals surface area contributed by atoms with Crippen LogP contribution in [0.1, 0.15) is 27.5 Å². The maximum Gasteiger partial charge on any atom is 0.573 e. The molecule has 3 N–H and O–H groups in total. The molecular formula is C24H21F3N2O5. The number of phenols is 1. The van der Waals surface area contributed by atoms with Crippen molar-refractivity contribution in [3.63, 3.8) is 0 Å². The average molecular weight is 474 g/mol. The van der Waals surface area contributed by atoms with Gasteiger partial charge in [0.15, 0.2) is 0 Å². The minimum absolute atomic E-state index is 0.000849. The van der Waals surface area contributed by atoms with Crippen LogP contribution in [0.15, 0.2) is 72.8 Å². The van der Waals surface area contributed by atoms with Crippen molar-refractivity contribution in [2.75, 3.05) is 7.11 Å². The Morgan fingerprint density at radius 3 is 2.32 bits per heavy atom. The van der Waals surface area contributed by atoms with Crippen molar-refractivity contribution in [3.05, 3.63) is 89.5 Å². The minimum atomic E-state index is -4.95. The highest BCUT2D eigenvalue weighted by Gasteiger charge is 2.34. The van der Waals surface area contributed by atoms with Gasteiger partial charge in [-0.3, -0.25) is 9.59 Å². The number of alkyl halides is 3. The molecule has 34 heavy (non-hydrogen) atoms. The van der Waals surface area contributed by atoms with Crippen molar-refractivity contribution in [1.82, 2.24) is 4.90 Å². The van der Waals surface area contributed by atoms with Gasteiger partial charge in [-0.2, -0.15) is 0 Å². The Hall–Kier alpha value is -4.21. The lowest BCUT2D eigenvalue weighted by Crippen LogP contribution is -2.41. The standard InChI is InChI=1S/C24H21F3N2O5/c1-33-17-8-4-6-15(12-17)14-29(23(32)19-10-2-3-11-20(19)30)21(22(28)31)16-7-5-9-18(13-16)34-24(25,26)27/h2-13,21,30H,14H2,1H3,(H2,28,31). The molecule has 7 nitrogen and oxygen atoms in total. The number of carbonyl (C=O) groups is 2. The van der Waals surface area contributed by atoms with Gasteiger partial charge >= 0.3 is 6.36 Å². The van der Waals surface area contributed by atoms with Gasteiger partial charge in [0.05, 0.1) is 12.7 Å². The number of nitrogens with zero attached hydrogens (tertiary/aromatic N) is 1. The Kier molecular flexibility index (Phi) is 7.30. The molecule has 0 radical (unpaired) electrons. The second-order valence-corrected chi connectivity index (χ2v) is 7.23. The number of amides is 2. The SMILES string of the molecule is COc1cccc(CN(C(=O)c2ccccc2O)C(C(N)=O)c2cccc(OC(F)(F)F)c2)c1. The number of nitrogens with two attached hydrogens (primary N) is 1. The highest BCUT2D eigenvalue weighted by molar-refractivity contribution is 5.99. The van der Waals surface area contributed by atoms with Gasteiger partial charge in [-0.1, -0.05) is 36.4 Å². The van der Waals surface area contributed by atoms with E-state index in [2.05, 4.69) is 4.74 Å². The lowest BCUT2D eigenvalue weighted by atomic mass is 10.0. The van der Waals surface area contributed by atoms with Gasteiger partial charge in [0.2, 0.25) is 5.91 Å². The maximum absolute atomic E-state index is 13.5. The average Bonchev–Trinajstić information content (AvgIpc) is 2.77. The summed E-state index contributed by atoms with van der Waals surface area (Å²) in [4.78, 5) is 27.1. The first-order valence-corrected chi connectivity index (χ1v) is 9.96. The van der Waals surface area contributed by atoms with E-state index in [-0.39, 0.29) is 23.4 Å². The van der Waals surface area contributed by atoms with Gasteiger partial charge in [0.25, 0.3) is 5.91 Å². The third-order valence-electron chi connectivity index (χ3n) is 4.87. The van der Waals surface area contributed by atoms with Gasteiger partial charge in [0, 0.05) is 6.54 Å². The fraction of sp³-hybridized carbons (Fsp3) is 0.167. The quantitative estimate of drug-likeness (QED) is 0.510. The lowest BCUT2D eigenvalue weighted by Gasteiger charge is -2.31. The number of hydrogen-bond donors (Lipinski definition) is 2. The number of hydrogen-bond acceptors (Lipinski definition) is 5. The minimum Gasteiger partial charge on any atom is -0.507 e. The molecule has 0 saturated heterocycles. The summed E-state index contributed by atoms with van der Waals surface area (Å²) in [6.45, 7) is -0.164. The number of phenolic OH excluding ortho intramolecular Hbond substituents is 1. The summed E-state index contributed by atoms with van der Waals surface area (Å²) in [5.41, 5.74) is 6.07. The molecule has 0 spiro atoms. The Morgan fingerprint density at radius 2 is 1.68 bits per heavy atom. The molecule has 2 amide bonds. The van der Waals surface area contributed by atoms with E-state index >= 15 is 0 Å². The molecule has 0 aliphatic rings. The van der Waals surface area contributed by atoms with Gasteiger partial charge in [-0.15, -0.1) is 13.2 Å². The summed E-state index contributed by atoms with van der Waals surface area (Å²) < 4.78 is 47.3. The van der Waals surface area contributed by atoms with E-state index in [9.17, 15) is 27.9 Å². The summed E-state index contributed by atoms with van der Waals surface area (Å²) >= 11 is 0. The molecule has 0 bridgehead atoms. The summed E-state index contributed by atoms with van der Waals surface area (Å²) in [6, 6.07) is 15.5. The normalized spacial score (nSPS) is 12.0. The zero-order valence-electron chi connectivity index (χ0n) is 18.0. The number of ether oxygens (including phenoxy) is 2. The third-order valence-corrected chi connectivity index (χ3v) is 4.87. The molecule has 3 aromatic rings. The Labute approximate surface area is 193 Å². The number of aromatic hydroxyl groups is 1. The Bertz CT molecular complexity index is 1180. The molecule has 0 fully saturated rings. The van der Waals surface area contributed by atoms with E-state index in [4.69, 9.17) is 10.5 Å². The molecule has 0 aliphatic carbocycles. The van der Waals surface area contributed by atoms with Crippen LogP contribution in [0.3, 0.4) is 0 Å². The third kappa shape index (κ3) is 5.97. The van der Waals surface area contributed by atoms with Crippen LogP contribution in [0.2, 0.25) is 0 Å². The summed E-state index contributed by atoms with van der Waals surface area (Å²) in [6.07, 6.45) is -4.95. The number of para-hydroxylation sites is 1. The van der Waals surface area contributed by atoms with Crippen LogP contribution in [-0.2, 0) is 11.3 Å². The molecule has 0 heterocycles. The molecule has 0 aliphatic heterocycles. The largest absolute Gasteiger partial charge is 0.573 e. The van der Waals surface area contributed by atoms with Crippen LogP contribution in [0.4, 0.5) is 13.2 Å². The molecule has 3 rings (SSSR count). The van der Waals surface area contributed by atoms with Crippen LogP contribution >= 0.6 is 0 Å². The highest BCUT2D eigenvalue weighted by Crippen LogP contribution is 2.31. The zero-order chi connectivity index (χ0) is 24.9. The molecule has 178 valence electrons. The summed E-state index contributed by atoms with van der Waals surface area (Å²) in [7, 11) is 1.46. The number of methoxy groups -OCH3 is 1. The second-order valence-electron chi connectivity index (χ2n) is 7.23. The van der Waals surface area contributed by atoms with Gasteiger partial charge in [-0.25, -0.2) is 0 Å². The smallest absolute Gasteiger partial charge is 0.507 e. The number of halogens is 3. The number of primary amides is 1. The lowest BCUT2D eigenvalue weighted by molar-refractivity contribution is -0.274. The zero-order valence-corrected chi connectivity index (χ0v) is 18.0.